The predicted molar refractivity (Wildman–Crippen MR) is 120 cm³/mol. The Morgan fingerprint density at radius 1 is 0.562 bits per heavy atom. The molecule has 5 rings (SSSR count). The maximum Gasteiger partial charge on any atom is 0.187 e. The third kappa shape index (κ3) is 5.44. The summed E-state index contributed by atoms with van der Waals surface area (Å²) in [6, 6.07) is 30.4. The van der Waals surface area contributed by atoms with Crippen LogP contribution in [0.4, 0.5) is 0 Å². The van der Waals surface area contributed by atoms with Crippen LogP contribution in [0.5, 0.6) is 0 Å². The lowest BCUT2D eigenvalue weighted by molar-refractivity contribution is -0.192. The first-order valence-electron chi connectivity index (χ1n) is 11.1. The van der Waals surface area contributed by atoms with E-state index < -0.39 is 0 Å². The van der Waals surface area contributed by atoms with E-state index in [0.717, 1.165) is 16.7 Å². The van der Waals surface area contributed by atoms with Gasteiger partial charge >= 0.3 is 0 Å². The van der Waals surface area contributed by atoms with E-state index in [2.05, 4.69) is 36.4 Å². The Balaban J connectivity index is 1.26. The fraction of sp³-hybridized carbons (Fsp3) is 0.333. The molecule has 0 amide bonds. The predicted octanol–water partition coefficient (Wildman–Crippen LogP) is 4.50. The van der Waals surface area contributed by atoms with E-state index in [1.807, 2.05) is 54.6 Å². The number of rotatable bonds is 10. The summed E-state index contributed by atoms with van der Waals surface area (Å²) in [6.07, 6.45) is -1.14. The summed E-state index contributed by atoms with van der Waals surface area (Å²) in [5.41, 5.74) is 3.36. The molecule has 2 heterocycles. The lowest BCUT2D eigenvalue weighted by Crippen LogP contribution is -2.52. The summed E-state index contributed by atoms with van der Waals surface area (Å²) in [4.78, 5) is 0. The molecule has 2 aliphatic rings. The van der Waals surface area contributed by atoms with Crippen LogP contribution in [0.3, 0.4) is 0 Å². The molecule has 0 aliphatic carbocycles. The van der Waals surface area contributed by atoms with Gasteiger partial charge in [-0.05, 0) is 16.7 Å². The normalized spacial score (nSPS) is 26.4. The van der Waals surface area contributed by atoms with Gasteiger partial charge in [0.1, 0.15) is 24.4 Å². The minimum atomic E-state index is -0.293. The minimum absolute atomic E-state index is 0.107. The molecule has 32 heavy (non-hydrogen) atoms. The van der Waals surface area contributed by atoms with Crippen LogP contribution >= 0.6 is 0 Å². The molecule has 5 heteroatoms. The summed E-state index contributed by atoms with van der Waals surface area (Å²) in [5, 5.41) is 0. The van der Waals surface area contributed by atoms with Crippen LogP contribution in [-0.4, -0.2) is 37.3 Å². The van der Waals surface area contributed by atoms with Gasteiger partial charge in [0.25, 0.3) is 0 Å². The van der Waals surface area contributed by atoms with Crippen molar-refractivity contribution in [3.8, 4) is 0 Å². The molecule has 3 aromatic rings. The molecule has 3 aromatic carbocycles. The minimum Gasteiger partial charge on any atom is -0.374 e. The number of ether oxygens (including phenoxy) is 5. The number of fused-ring (bicyclic) bond motifs is 1. The first-order chi connectivity index (χ1) is 15.9. The highest BCUT2D eigenvalue weighted by atomic mass is 16.8. The van der Waals surface area contributed by atoms with Crippen molar-refractivity contribution < 1.29 is 23.7 Å². The molecule has 2 aliphatic heterocycles. The van der Waals surface area contributed by atoms with E-state index in [9.17, 15) is 0 Å². The highest BCUT2D eigenvalue weighted by Gasteiger charge is 2.58. The van der Waals surface area contributed by atoms with Gasteiger partial charge in [0.2, 0.25) is 0 Å². The molecule has 5 atom stereocenters. The topological polar surface area (TPSA) is 49.5 Å². The number of epoxide rings is 1. The van der Waals surface area contributed by atoms with Crippen LogP contribution in [0.2, 0.25) is 0 Å². The Hall–Kier alpha value is -2.54. The molecule has 0 saturated carbocycles. The molecular weight excluding hydrogens is 404 g/mol. The second kappa shape index (κ2) is 10.4. The third-order valence-electron chi connectivity index (χ3n) is 5.77. The lowest BCUT2D eigenvalue weighted by atomic mass is 10.0. The van der Waals surface area contributed by atoms with Crippen molar-refractivity contribution in [2.75, 3.05) is 6.61 Å². The van der Waals surface area contributed by atoms with Crippen molar-refractivity contribution >= 4 is 0 Å². The summed E-state index contributed by atoms with van der Waals surface area (Å²) < 4.78 is 30.6. The molecule has 2 saturated heterocycles. The van der Waals surface area contributed by atoms with Gasteiger partial charge in [0, 0.05) is 0 Å². The second-order valence-electron chi connectivity index (χ2n) is 8.17. The maximum absolute atomic E-state index is 6.37. The van der Waals surface area contributed by atoms with Crippen molar-refractivity contribution in [3.05, 3.63) is 108 Å². The summed E-state index contributed by atoms with van der Waals surface area (Å²) in [7, 11) is 0. The molecule has 0 radical (unpaired) electrons. The molecular formula is C27H28O5. The van der Waals surface area contributed by atoms with Crippen LogP contribution < -0.4 is 0 Å². The van der Waals surface area contributed by atoms with E-state index in [1.165, 1.54) is 0 Å². The zero-order valence-electron chi connectivity index (χ0n) is 17.9. The summed E-state index contributed by atoms with van der Waals surface area (Å²) >= 11 is 0. The highest BCUT2D eigenvalue weighted by molar-refractivity contribution is 5.15. The van der Waals surface area contributed by atoms with Gasteiger partial charge in [-0.1, -0.05) is 91.0 Å². The highest BCUT2D eigenvalue weighted by Crippen LogP contribution is 2.39. The molecule has 1 unspecified atom stereocenters. The fourth-order valence-corrected chi connectivity index (χ4v) is 4.03. The van der Waals surface area contributed by atoms with Gasteiger partial charge in [-0.15, -0.1) is 0 Å². The van der Waals surface area contributed by atoms with Gasteiger partial charge in [-0.2, -0.15) is 0 Å². The largest absolute Gasteiger partial charge is 0.374 e. The van der Waals surface area contributed by atoms with Gasteiger partial charge in [-0.3, -0.25) is 0 Å². The Morgan fingerprint density at radius 3 is 1.62 bits per heavy atom. The van der Waals surface area contributed by atoms with E-state index in [0.29, 0.717) is 26.4 Å². The standard InChI is InChI=1S/C27H28O5/c1-4-10-20(11-5-1)16-28-19-23-24(29-17-21-12-6-2-7-13-21)25(26-27(31-23)32-26)30-18-22-14-8-3-9-15-22/h1-15,23-27H,16-19H2/t23-,24+,25+,26+,27?/m1/s1. The van der Waals surface area contributed by atoms with Crippen LogP contribution in [0.15, 0.2) is 91.0 Å². The quantitative estimate of drug-likeness (QED) is 0.442. The molecule has 0 bridgehead atoms. The van der Waals surface area contributed by atoms with Crippen molar-refractivity contribution in [1.82, 2.24) is 0 Å². The van der Waals surface area contributed by atoms with Crippen LogP contribution in [0, 0.1) is 0 Å². The Labute approximate surface area is 188 Å². The Bertz CT molecular complexity index is 950. The van der Waals surface area contributed by atoms with E-state index in [-0.39, 0.29) is 30.7 Å². The van der Waals surface area contributed by atoms with E-state index in [1.54, 1.807) is 0 Å². The molecule has 0 aromatic heterocycles. The SMILES string of the molecule is c1ccc(COC[C@H]2OC3O[C@H]3[C@@H](OCc3ccccc3)[C@H]2OCc2ccccc2)cc1. The second-order valence-corrected chi connectivity index (χ2v) is 8.17. The first-order valence-corrected chi connectivity index (χ1v) is 11.1. The summed E-state index contributed by atoms with van der Waals surface area (Å²) in [6.45, 7) is 1.91. The smallest absolute Gasteiger partial charge is 0.187 e. The number of benzene rings is 3. The average molecular weight is 433 g/mol. The van der Waals surface area contributed by atoms with Crippen LogP contribution in [0.1, 0.15) is 16.7 Å². The van der Waals surface area contributed by atoms with Crippen LogP contribution in [-0.2, 0) is 43.5 Å². The van der Waals surface area contributed by atoms with Crippen molar-refractivity contribution in [2.45, 2.75) is 50.5 Å². The molecule has 5 nitrogen and oxygen atoms in total. The van der Waals surface area contributed by atoms with Crippen LogP contribution in [0.25, 0.3) is 0 Å². The fourth-order valence-electron chi connectivity index (χ4n) is 4.03. The van der Waals surface area contributed by atoms with E-state index >= 15 is 0 Å². The molecule has 0 spiro atoms. The summed E-state index contributed by atoms with van der Waals surface area (Å²) in [5.74, 6) is 0. The van der Waals surface area contributed by atoms with Gasteiger partial charge < -0.3 is 23.7 Å². The molecule has 2 fully saturated rings. The molecule has 0 N–H and O–H groups in total. The third-order valence-corrected chi connectivity index (χ3v) is 5.77. The zero-order valence-corrected chi connectivity index (χ0v) is 17.9. The lowest BCUT2D eigenvalue weighted by Gasteiger charge is -2.35. The maximum atomic E-state index is 6.37. The van der Waals surface area contributed by atoms with Crippen molar-refractivity contribution in [2.24, 2.45) is 0 Å². The van der Waals surface area contributed by atoms with Crippen molar-refractivity contribution in [3.63, 3.8) is 0 Å². The monoisotopic (exact) mass is 432 g/mol. The Morgan fingerprint density at radius 2 is 1.06 bits per heavy atom. The zero-order chi connectivity index (χ0) is 21.6. The van der Waals surface area contributed by atoms with Gasteiger partial charge in [0.15, 0.2) is 6.29 Å². The Kier molecular flexibility index (Phi) is 6.92. The van der Waals surface area contributed by atoms with Gasteiger partial charge in [-0.25, -0.2) is 0 Å². The number of hydrogen-bond acceptors (Lipinski definition) is 5. The van der Waals surface area contributed by atoms with Crippen molar-refractivity contribution in [1.29, 1.82) is 0 Å². The first kappa shape index (κ1) is 21.3. The average Bonchev–Trinajstić information content (AvgIpc) is 3.63. The molecule has 166 valence electrons. The van der Waals surface area contributed by atoms with Gasteiger partial charge in [0.05, 0.1) is 26.4 Å². The number of hydrogen-bond donors (Lipinski definition) is 0. The van der Waals surface area contributed by atoms with E-state index in [4.69, 9.17) is 23.7 Å².